The van der Waals surface area contributed by atoms with Gasteiger partial charge in [0.15, 0.2) is 0 Å². The summed E-state index contributed by atoms with van der Waals surface area (Å²) >= 11 is 5.72. The molecule has 0 unspecified atom stereocenters. The molecule has 2 N–H and O–H groups in total. The Morgan fingerprint density at radius 1 is 1.47 bits per heavy atom. The second-order valence-electron chi connectivity index (χ2n) is 3.10. The molecule has 1 aromatic carbocycles. The van der Waals surface area contributed by atoms with E-state index in [1.165, 1.54) is 4.90 Å². The maximum absolute atomic E-state index is 11.7. The average Bonchev–Trinajstić information content (AvgIpc) is 2.26. The fourth-order valence-electron chi connectivity index (χ4n) is 1.10. The van der Waals surface area contributed by atoms with E-state index in [1.807, 2.05) is 0 Å². The lowest BCUT2D eigenvalue weighted by molar-refractivity contribution is 0.0697. The number of hydrogen-bond donors (Lipinski definition) is 1. The first-order valence-corrected chi connectivity index (χ1v) is 4.85. The summed E-state index contributed by atoms with van der Waals surface area (Å²) in [5, 5.41) is 0.611. The highest BCUT2D eigenvalue weighted by Crippen LogP contribution is 2.10. The summed E-state index contributed by atoms with van der Waals surface area (Å²) in [7, 11) is 1.69. The largest absolute Gasteiger partial charge is 0.339 e. The van der Waals surface area contributed by atoms with Crippen LogP contribution >= 0.6 is 11.6 Å². The van der Waals surface area contributed by atoms with E-state index in [0.29, 0.717) is 23.7 Å². The molecule has 0 saturated heterocycles. The van der Waals surface area contributed by atoms with Gasteiger partial charge in [-0.3, -0.25) is 4.79 Å². The molecule has 0 aromatic heterocycles. The molecule has 0 fully saturated rings. The van der Waals surface area contributed by atoms with Crippen molar-refractivity contribution in [1.82, 2.24) is 4.90 Å². The number of nitrogens with two attached hydrogens (primary N) is 1. The molecule has 1 rings (SSSR count). The zero-order valence-electron chi connectivity index (χ0n) is 8.44. The molecule has 0 saturated carbocycles. The smallest absolute Gasteiger partial charge is 0.253 e. The van der Waals surface area contributed by atoms with Crippen molar-refractivity contribution in [2.24, 2.45) is 5.90 Å². The second-order valence-corrected chi connectivity index (χ2v) is 3.54. The third-order valence-corrected chi connectivity index (χ3v) is 2.23. The van der Waals surface area contributed by atoms with Crippen LogP contribution in [0, 0.1) is 0 Å². The number of likely N-dealkylation sites (N-methyl/N-ethyl adjacent to an activating group) is 1. The second kappa shape index (κ2) is 5.70. The van der Waals surface area contributed by atoms with E-state index >= 15 is 0 Å². The molecule has 1 aromatic rings. The van der Waals surface area contributed by atoms with Crippen molar-refractivity contribution in [2.75, 3.05) is 20.2 Å². The molecule has 15 heavy (non-hydrogen) atoms. The number of carbonyl (C=O) groups excluding carboxylic acids is 1. The minimum absolute atomic E-state index is 0.0799. The molecular formula is C10H13ClN2O2. The summed E-state index contributed by atoms with van der Waals surface area (Å²) in [4.78, 5) is 17.7. The Bertz CT molecular complexity index is 327. The van der Waals surface area contributed by atoms with Crippen LogP contribution in [0.5, 0.6) is 0 Å². The Labute approximate surface area is 93.5 Å². The Hall–Kier alpha value is -1.10. The van der Waals surface area contributed by atoms with Crippen LogP contribution in [-0.2, 0) is 4.84 Å². The van der Waals surface area contributed by atoms with Gasteiger partial charge in [-0.1, -0.05) is 11.6 Å². The van der Waals surface area contributed by atoms with Crippen LogP contribution in [0.15, 0.2) is 24.3 Å². The van der Waals surface area contributed by atoms with E-state index in [-0.39, 0.29) is 5.91 Å². The molecule has 0 atom stereocenters. The van der Waals surface area contributed by atoms with Gasteiger partial charge in [0.05, 0.1) is 6.61 Å². The highest BCUT2D eigenvalue weighted by atomic mass is 35.5. The van der Waals surface area contributed by atoms with E-state index in [4.69, 9.17) is 17.5 Å². The number of amides is 1. The van der Waals surface area contributed by atoms with E-state index in [2.05, 4.69) is 4.84 Å². The van der Waals surface area contributed by atoms with Gasteiger partial charge in [0.25, 0.3) is 5.91 Å². The zero-order chi connectivity index (χ0) is 11.3. The number of nitrogens with zero attached hydrogens (tertiary/aromatic N) is 1. The van der Waals surface area contributed by atoms with Gasteiger partial charge in [-0.2, -0.15) is 0 Å². The minimum Gasteiger partial charge on any atom is -0.339 e. The SMILES string of the molecule is CN(CCON)C(=O)c1ccc(Cl)cc1. The number of hydrogen-bond acceptors (Lipinski definition) is 3. The van der Waals surface area contributed by atoms with E-state index in [0.717, 1.165) is 0 Å². The highest BCUT2D eigenvalue weighted by molar-refractivity contribution is 6.30. The highest BCUT2D eigenvalue weighted by Gasteiger charge is 2.10. The number of carbonyl (C=O) groups is 1. The molecule has 0 aliphatic heterocycles. The summed E-state index contributed by atoms with van der Waals surface area (Å²) in [6, 6.07) is 6.74. The average molecular weight is 229 g/mol. The molecule has 4 nitrogen and oxygen atoms in total. The molecular weight excluding hydrogens is 216 g/mol. The van der Waals surface area contributed by atoms with Gasteiger partial charge in [0, 0.05) is 24.2 Å². The normalized spacial score (nSPS) is 10.1. The molecule has 0 spiro atoms. The Kier molecular flexibility index (Phi) is 4.55. The van der Waals surface area contributed by atoms with Crippen LogP contribution < -0.4 is 5.90 Å². The van der Waals surface area contributed by atoms with Crippen molar-refractivity contribution < 1.29 is 9.63 Å². The molecule has 0 aliphatic carbocycles. The third-order valence-electron chi connectivity index (χ3n) is 1.98. The molecule has 0 heterocycles. The van der Waals surface area contributed by atoms with Crippen LogP contribution in [0.4, 0.5) is 0 Å². The summed E-state index contributed by atoms with van der Waals surface area (Å²) in [6.07, 6.45) is 0. The van der Waals surface area contributed by atoms with Crippen LogP contribution in [-0.4, -0.2) is 31.0 Å². The van der Waals surface area contributed by atoms with Crippen LogP contribution in [0.3, 0.4) is 0 Å². The summed E-state index contributed by atoms with van der Waals surface area (Å²) in [5.41, 5.74) is 0.596. The van der Waals surface area contributed by atoms with Gasteiger partial charge in [-0.15, -0.1) is 0 Å². The molecule has 82 valence electrons. The predicted octanol–water partition coefficient (Wildman–Crippen LogP) is 1.30. The predicted molar refractivity (Wildman–Crippen MR) is 58.6 cm³/mol. The lowest BCUT2D eigenvalue weighted by Gasteiger charge is -2.16. The van der Waals surface area contributed by atoms with Gasteiger partial charge in [0.2, 0.25) is 0 Å². The van der Waals surface area contributed by atoms with Gasteiger partial charge in [-0.25, -0.2) is 5.90 Å². The first kappa shape index (κ1) is 12.0. The molecule has 5 heteroatoms. The molecule has 0 radical (unpaired) electrons. The number of rotatable bonds is 4. The molecule has 0 aliphatic rings. The van der Waals surface area contributed by atoms with Crippen molar-refractivity contribution in [3.63, 3.8) is 0 Å². The topological polar surface area (TPSA) is 55.6 Å². The van der Waals surface area contributed by atoms with E-state index in [9.17, 15) is 4.79 Å². The number of benzene rings is 1. The fourth-order valence-corrected chi connectivity index (χ4v) is 1.23. The van der Waals surface area contributed by atoms with Crippen LogP contribution in [0.25, 0.3) is 0 Å². The first-order chi connectivity index (χ1) is 7.15. The van der Waals surface area contributed by atoms with Gasteiger partial charge in [-0.05, 0) is 24.3 Å². The molecule has 0 bridgehead atoms. The van der Waals surface area contributed by atoms with Gasteiger partial charge < -0.3 is 9.74 Å². The maximum Gasteiger partial charge on any atom is 0.253 e. The third kappa shape index (κ3) is 3.51. The maximum atomic E-state index is 11.7. The van der Waals surface area contributed by atoms with Crippen molar-refractivity contribution >= 4 is 17.5 Å². The summed E-state index contributed by atoms with van der Waals surface area (Å²) in [5.74, 6) is 4.80. The van der Waals surface area contributed by atoms with Crippen LogP contribution in [0.2, 0.25) is 5.02 Å². The Morgan fingerprint density at radius 3 is 2.60 bits per heavy atom. The Morgan fingerprint density at radius 2 is 2.07 bits per heavy atom. The first-order valence-electron chi connectivity index (χ1n) is 4.48. The van der Waals surface area contributed by atoms with Gasteiger partial charge in [0.1, 0.15) is 0 Å². The zero-order valence-corrected chi connectivity index (χ0v) is 9.20. The lowest BCUT2D eigenvalue weighted by Crippen LogP contribution is -2.30. The lowest BCUT2D eigenvalue weighted by atomic mass is 10.2. The molecule has 1 amide bonds. The number of halogens is 1. The van der Waals surface area contributed by atoms with Crippen molar-refractivity contribution in [3.05, 3.63) is 34.9 Å². The Balaban J connectivity index is 2.63. The van der Waals surface area contributed by atoms with Crippen molar-refractivity contribution in [2.45, 2.75) is 0 Å². The summed E-state index contributed by atoms with van der Waals surface area (Å²) in [6.45, 7) is 0.772. The van der Waals surface area contributed by atoms with Crippen molar-refractivity contribution in [3.8, 4) is 0 Å². The standard InChI is InChI=1S/C10H13ClN2O2/c1-13(6-7-15-12)10(14)8-2-4-9(11)5-3-8/h2-5H,6-7,12H2,1H3. The van der Waals surface area contributed by atoms with Gasteiger partial charge >= 0.3 is 0 Å². The van der Waals surface area contributed by atoms with Crippen LogP contribution in [0.1, 0.15) is 10.4 Å². The monoisotopic (exact) mass is 228 g/mol. The minimum atomic E-state index is -0.0799. The van der Waals surface area contributed by atoms with Crippen molar-refractivity contribution in [1.29, 1.82) is 0 Å². The fraction of sp³-hybridized carbons (Fsp3) is 0.300. The van der Waals surface area contributed by atoms with E-state index in [1.54, 1.807) is 31.3 Å². The summed E-state index contributed by atoms with van der Waals surface area (Å²) < 4.78 is 0. The van der Waals surface area contributed by atoms with E-state index < -0.39 is 0 Å². The quantitative estimate of drug-likeness (QED) is 0.791.